The summed E-state index contributed by atoms with van der Waals surface area (Å²) in [7, 11) is -0.688. The summed E-state index contributed by atoms with van der Waals surface area (Å²) in [4.78, 5) is -0.0408. The SMILES string of the molecule is CN(CCO)S(=O)(=O)c1cn(C)nc1N. The Morgan fingerprint density at radius 2 is 2.27 bits per heavy atom. The highest BCUT2D eigenvalue weighted by Crippen LogP contribution is 2.19. The van der Waals surface area contributed by atoms with Gasteiger partial charge in [0.25, 0.3) is 0 Å². The van der Waals surface area contributed by atoms with Gasteiger partial charge in [0.15, 0.2) is 5.82 Å². The van der Waals surface area contributed by atoms with E-state index in [0.717, 1.165) is 4.31 Å². The second-order valence-corrected chi connectivity index (χ2v) is 5.12. The van der Waals surface area contributed by atoms with Crippen LogP contribution >= 0.6 is 0 Å². The van der Waals surface area contributed by atoms with Gasteiger partial charge in [0.2, 0.25) is 10.0 Å². The van der Waals surface area contributed by atoms with E-state index in [1.807, 2.05) is 0 Å². The Kier molecular flexibility index (Phi) is 3.32. The monoisotopic (exact) mass is 234 g/mol. The summed E-state index contributed by atoms with van der Waals surface area (Å²) in [5.41, 5.74) is 5.46. The first-order valence-corrected chi connectivity index (χ1v) is 5.70. The zero-order valence-electron chi connectivity index (χ0n) is 8.58. The number of aliphatic hydroxyl groups excluding tert-OH is 1. The van der Waals surface area contributed by atoms with Crippen LogP contribution in [-0.4, -0.2) is 47.8 Å². The largest absolute Gasteiger partial charge is 0.395 e. The van der Waals surface area contributed by atoms with Crippen molar-refractivity contribution in [1.82, 2.24) is 14.1 Å². The Morgan fingerprint density at radius 1 is 1.67 bits per heavy atom. The van der Waals surface area contributed by atoms with Crippen LogP contribution in [0.1, 0.15) is 0 Å². The number of hydrogen-bond donors (Lipinski definition) is 2. The van der Waals surface area contributed by atoms with E-state index in [0.29, 0.717) is 0 Å². The molecule has 0 aliphatic rings. The van der Waals surface area contributed by atoms with Gasteiger partial charge in [0.1, 0.15) is 4.90 Å². The Labute approximate surface area is 88.2 Å². The second kappa shape index (κ2) is 4.17. The average Bonchev–Trinajstić information content (AvgIpc) is 2.46. The Morgan fingerprint density at radius 3 is 2.67 bits per heavy atom. The van der Waals surface area contributed by atoms with Crippen molar-refractivity contribution in [3.8, 4) is 0 Å². The van der Waals surface area contributed by atoms with Crippen molar-refractivity contribution in [1.29, 1.82) is 0 Å². The summed E-state index contributed by atoms with van der Waals surface area (Å²) in [6.07, 6.45) is 1.33. The Hall–Kier alpha value is -1.12. The average molecular weight is 234 g/mol. The molecule has 0 aliphatic carbocycles. The molecule has 8 heteroatoms. The molecule has 1 aromatic heterocycles. The Bertz CT molecular complexity index is 439. The molecule has 0 bridgehead atoms. The fraction of sp³-hybridized carbons (Fsp3) is 0.571. The van der Waals surface area contributed by atoms with E-state index in [-0.39, 0.29) is 23.9 Å². The first kappa shape index (κ1) is 12.0. The number of aliphatic hydroxyl groups is 1. The third-order valence-electron chi connectivity index (χ3n) is 1.93. The van der Waals surface area contributed by atoms with Crippen molar-refractivity contribution in [3.05, 3.63) is 6.20 Å². The molecule has 0 fully saturated rings. The van der Waals surface area contributed by atoms with Gasteiger partial charge in [-0.1, -0.05) is 0 Å². The number of anilines is 1. The molecule has 0 amide bonds. The lowest BCUT2D eigenvalue weighted by Crippen LogP contribution is -2.29. The third-order valence-corrected chi connectivity index (χ3v) is 3.80. The molecule has 0 spiro atoms. The van der Waals surface area contributed by atoms with E-state index in [2.05, 4.69) is 5.10 Å². The quantitative estimate of drug-likeness (QED) is 0.668. The van der Waals surface area contributed by atoms with Crippen molar-refractivity contribution >= 4 is 15.8 Å². The van der Waals surface area contributed by atoms with E-state index < -0.39 is 10.0 Å². The predicted octanol–water partition coefficient (Wildman–Crippen LogP) is -1.38. The smallest absolute Gasteiger partial charge is 0.248 e. The van der Waals surface area contributed by atoms with E-state index in [4.69, 9.17) is 10.8 Å². The molecule has 86 valence electrons. The first-order chi connectivity index (χ1) is 6.89. The van der Waals surface area contributed by atoms with Gasteiger partial charge in [0, 0.05) is 26.8 Å². The first-order valence-electron chi connectivity index (χ1n) is 4.26. The van der Waals surface area contributed by atoms with Crippen LogP contribution in [0.5, 0.6) is 0 Å². The minimum Gasteiger partial charge on any atom is -0.395 e. The van der Waals surface area contributed by atoms with Gasteiger partial charge in [0.05, 0.1) is 6.61 Å². The summed E-state index contributed by atoms with van der Waals surface area (Å²) in [5.74, 6) is -0.0395. The summed E-state index contributed by atoms with van der Waals surface area (Å²) in [6.45, 7) is -0.216. The van der Waals surface area contributed by atoms with Gasteiger partial charge >= 0.3 is 0 Å². The van der Waals surface area contributed by atoms with Crippen LogP contribution in [0, 0.1) is 0 Å². The van der Waals surface area contributed by atoms with Gasteiger partial charge in [-0.15, -0.1) is 0 Å². The number of likely N-dealkylation sites (N-methyl/N-ethyl adjacent to an activating group) is 1. The van der Waals surface area contributed by atoms with Crippen molar-refractivity contribution in [2.24, 2.45) is 7.05 Å². The second-order valence-electron chi connectivity index (χ2n) is 3.10. The van der Waals surface area contributed by atoms with Gasteiger partial charge in [-0.2, -0.15) is 9.40 Å². The predicted molar refractivity (Wildman–Crippen MR) is 54.5 cm³/mol. The number of aryl methyl sites for hydroxylation is 1. The van der Waals surface area contributed by atoms with Crippen molar-refractivity contribution in [2.75, 3.05) is 25.9 Å². The van der Waals surface area contributed by atoms with Crippen LogP contribution in [-0.2, 0) is 17.1 Å². The van der Waals surface area contributed by atoms with Crippen LogP contribution < -0.4 is 5.73 Å². The topological polar surface area (TPSA) is 101 Å². The van der Waals surface area contributed by atoms with E-state index in [9.17, 15) is 8.42 Å². The maximum atomic E-state index is 11.8. The lowest BCUT2D eigenvalue weighted by atomic mass is 10.7. The van der Waals surface area contributed by atoms with Crippen molar-refractivity contribution in [3.63, 3.8) is 0 Å². The molecule has 1 aromatic rings. The number of aromatic nitrogens is 2. The summed E-state index contributed by atoms with van der Waals surface area (Å²) in [5, 5.41) is 12.4. The zero-order chi connectivity index (χ0) is 11.6. The molecule has 7 nitrogen and oxygen atoms in total. The van der Waals surface area contributed by atoms with E-state index >= 15 is 0 Å². The number of nitrogens with two attached hydrogens (primary N) is 1. The van der Waals surface area contributed by atoms with Gasteiger partial charge in [-0.3, -0.25) is 4.68 Å². The van der Waals surface area contributed by atoms with Crippen LogP contribution in [0.25, 0.3) is 0 Å². The molecule has 0 aliphatic heterocycles. The van der Waals surface area contributed by atoms with Crippen LogP contribution in [0.15, 0.2) is 11.1 Å². The fourth-order valence-electron chi connectivity index (χ4n) is 1.11. The molecule has 0 radical (unpaired) electrons. The zero-order valence-corrected chi connectivity index (χ0v) is 9.40. The molecule has 3 N–H and O–H groups in total. The molecular formula is C7H14N4O3S. The minimum absolute atomic E-state index is 0.0245. The van der Waals surface area contributed by atoms with Crippen LogP contribution in [0.2, 0.25) is 0 Å². The van der Waals surface area contributed by atoms with E-state index in [1.165, 1.54) is 17.9 Å². The van der Waals surface area contributed by atoms with Gasteiger partial charge < -0.3 is 10.8 Å². The summed E-state index contributed by atoms with van der Waals surface area (Å²) >= 11 is 0. The number of nitrogens with zero attached hydrogens (tertiary/aromatic N) is 3. The standard InChI is InChI=1S/C7H14N4O3S/c1-10-5-6(7(8)9-10)15(13,14)11(2)3-4-12/h5,12H,3-4H2,1-2H3,(H2,8,9). The molecule has 0 saturated heterocycles. The fourth-order valence-corrected chi connectivity index (χ4v) is 2.36. The van der Waals surface area contributed by atoms with Crippen LogP contribution in [0.4, 0.5) is 5.82 Å². The van der Waals surface area contributed by atoms with E-state index in [1.54, 1.807) is 7.05 Å². The Balaban J connectivity index is 3.11. The lowest BCUT2D eigenvalue weighted by Gasteiger charge is -2.14. The number of sulfonamides is 1. The maximum absolute atomic E-state index is 11.8. The van der Waals surface area contributed by atoms with Crippen molar-refractivity contribution in [2.45, 2.75) is 4.90 Å². The van der Waals surface area contributed by atoms with Gasteiger partial charge in [-0.25, -0.2) is 8.42 Å². The number of nitrogen functional groups attached to an aromatic ring is 1. The highest BCUT2D eigenvalue weighted by atomic mass is 32.2. The number of hydrogen-bond acceptors (Lipinski definition) is 5. The summed E-state index contributed by atoms with van der Waals surface area (Å²) < 4.78 is 26.0. The van der Waals surface area contributed by atoms with Gasteiger partial charge in [-0.05, 0) is 0 Å². The highest BCUT2D eigenvalue weighted by Gasteiger charge is 2.25. The normalized spacial score (nSPS) is 12.3. The molecule has 0 saturated carbocycles. The molecule has 0 aromatic carbocycles. The molecule has 1 rings (SSSR count). The number of rotatable bonds is 4. The summed E-state index contributed by atoms with van der Waals surface area (Å²) in [6, 6.07) is 0. The van der Waals surface area contributed by atoms with Crippen LogP contribution in [0.3, 0.4) is 0 Å². The molecule has 0 unspecified atom stereocenters. The van der Waals surface area contributed by atoms with Crippen molar-refractivity contribution < 1.29 is 13.5 Å². The molecule has 0 atom stereocenters. The minimum atomic E-state index is -3.65. The molecule has 15 heavy (non-hydrogen) atoms. The third kappa shape index (κ3) is 2.28. The molecular weight excluding hydrogens is 220 g/mol. The highest BCUT2D eigenvalue weighted by molar-refractivity contribution is 7.89. The molecule has 1 heterocycles. The lowest BCUT2D eigenvalue weighted by molar-refractivity contribution is 0.266. The maximum Gasteiger partial charge on any atom is 0.248 e.